The molecule has 4 aromatic carbocycles. The number of carbonyl (C=O) groups is 2. The largest absolute Gasteiger partial charge is 0.496 e. The second kappa shape index (κ2) is 14.5. The summed E-state index contributed by atoms with van der Waals surface area (Å²) in [6.45, 7) is 3.80. The molecule has 2 heterocycles. The molecular weight excluding hydrogens is 642 g/mol. The van der Waals surface area contributed by atoms with Crippen molar-refractivity contribution < 1.29 is 19.1 Å². The van der Waals surface area contributed by atoms with Crippen molar-refractivity contribution in [1.29, 1.82) is 10.5 Å². The molecule has 1 aromatic heterocycles. The number of anilines is 1. The lowest BCUT2D eigenvalue weighted by molar-refractivity contribution is 0.0972. The highest BCUT2D eigenvalue weighted by Crippen LogP contribution is 2.41. The number of carbonyl (C=O) groups excluding carboxylic acids is 2. The number of H-pyrrole nitrogens is 1. The van der Waals surface area contributed by atoms with Crippen molar-refractivity contribution in [2.75, 3.05) is 19.5 Å². The Hall–Kier alpha value is -7.24. The molecule has 1 aliphatic rings. The number of aromatic nitrogens is 1. The number of benzene rings is 4. The van der Waals surface area contributed by atoms with Crippen LogP contribution in [0.3, 0.4) is 0 Å². The molecule has 11 nitrogen and oxygen atoms in total. The lowest BCUT2D eigenvalue weighted by atomic mass is 9.96. The summed E-state index contributed by atoms with van der Waals surface area (Å²) in [5.41, 5.74) is 4.62. The van der Waals surface area contributed by atoms with Crippen molar-refractivity contribution in [2.24, 2.45) is 9.98 Å². The van der Waals surface area contributed by atoms with Crippen molar-refractivity contribution in [2.45, 2.75) is 13.8 Å². The summed E-state index contributed by atoms with van der Waals surface area (Å²) >= 11 is 0. The quantitative estimate of drug-likeness (QED) is 0.157. The normalized spacial score (nSPS) is 12.9. The van der Waals surface area contributed by atoms with Gasteiger partial charge in [0.1, 0.15) is 46.4 Å². The average molecular weight is 674 g/mol. The number of amidine groups is 2. The highest BCUT2D eigenvalue weighted by atomic mass is 16.5. The molecule has 11 heteroatoms. The lowest BCUT2D eigenvalue weighted by Gasteiger charge is -2.10. The smallest absolute Gasteiger partial charge is 0.260 e. The SMILES string of the molecule is COc1ccccc1C(=O)NC1=N/C(=N\c2[nH]c(NC(=O)c3ccccc3OC)c(C#N)c2-c2ccccc2C)C(c2ccccc2C)=C1C#N. The maximum atomic E-state index is 13.5. The number of amides is 2. The van der Waals surface area contributed by atoms with E-state index in [4.69, 9.17) is 19.5 Å². The molecule has 51 heavy (non-hydrogen) atoms. The molecule has 0 saturated heterocycles. The van der Waals surface area contributed by atoms with E-state index >= 15 is 0 Å². The Kier molecular flexibility index (Phi) is 9.56. The molecule has 3 N–H and O–H groups in total. The summed E-state index contributed by atoms with van der Waals surface area (Å²) in [6.07, 6.45) is 0. The van der Waals surface area contributed by atoms with E-state index in [0.29, 0.717) is 33.8 Å². The molecule has 6 rings (SSSR count). The van der Waals surface area contributed by atoms with Gasteiger partial charge in [-0.3, -0.25) is 9.59 Å². The van der Waals surface area contributed by atoms with Crippen LogP contribution in [0.15, 0.2) is 113 Å². The predicted molar refractivity (Wildman–Crippen MR) is 195 cm³/mol. The second-order valence-corrected chi connectivity index (χ2v) is 11.4. The molecule has 0 spiro atoms. The van der Waals surface area contributed by atoms with Crippen LogP contribution in [0.4, 0.5) is 11.6 Å². The number of nitriles is 2. The number of aromatic amines is 1. The van der Waals surface area contributed by atoms with Crippen LogP contribution in [0.2, 0.25) is 0 Å². The van der Waals surface area contributed by atoms with Crippen molar-refractivity contribution in [1.82, 2.24) is 10.3 Å². The molecule has 250 valence electrons. The number of para-hydroxylation sites is 2. The van der Waals surface area contributed by atoms with Crippen LogP contribution in [0.25, 0.3) is 16.7 Å². The first-order valence-electron chi connectivity index (χ1n) is 15.8. The zero-order valence-corrected chi connectivity index (χ0v) is 28.2. The highest BCUT2D eigenvalue weighted by Gasteiger charge is 2.31. The minimum Gasteiger partial charge on any atom is -0.496 e. The van der Waals surface area contributed by atoms with E-state index < -0.39 is 11.8 Å². The van der Waals surface area contributed by atoms with E-state index in [1.165, 1.54) is 14.2 Å². The Morgan fingerprint density at radius 3 is 1.80 bits per heavy atom. The third-order valence-corrected chi connectivity index (χ3v) is 8.35. The fourth-order valence-corrected chi connectivity index (χ4v) is 5.85. The van der Waals surface area contributed by atoms with Gasteiger partial charge < -0.3 is 25.1 Å². The Morgan fingerprint density at radius 2 is 1.25 bits per heavy atom. The Balaban J connectivity index is 1.55. The maximum absolute atomic E-state index is 13.5. The first-order chi connectivity index (χ1) is 24.8. The molecule has 0 unspecified atom stereocenters. The number of aryl methyl sites for hydroxylation is 2. The molecule has 0 aliphatic carbocycles. The minimum atomic E-state index is -0.530. The predicted octanol–water partition coefficient (Wildman–Crippen LogP) is 7.29. The van der Waals surface area contributed by atoms with Crippen molar-refractivity contribution in [3.05, 3.63) is 136 Å². The monoisotopic (exact) mass is 673 g/mol. The third kappa shape index (κ3) is 6.47. The van der Waals surface area contributed by atoms with Crippen LogP contribution in [0, 0.1) is 36.5 Å². The first-order valence-corrected chi connectivity index (χ1v) is 15.8. The number of rotatable bonds is 8. The van der Waals surface area contributed by atoms with Gasteiger partial charge in [0, 0.05) is 11.1 Å². The number of aliphatic imine (C=N–C) groups is 2. The summed E-state index contributed by atoms with van der Waals surface area (Å²) in [7, 11) is 2.93. The zero-order valence-electron chi connectivity index (χ0n) is 28.2. The van der Waals surface area contributed by atoms with Gasteiger partial charge in [0.25, 0.3) is 11.8 Å². The summed E-state index contributed by atoms with van der Waals surface area (Å²) in [6, 6.07) is 32.8. The molecule has 0 saturated carbocycles. The van der Waals surface area contributed by atoms with Gasteiger partial charge in [0.05, 0.1) is 25.3 Å². The van der Waals surface area contributed by atoms with Gasteiger partial charge in [0.2, 0.25) is 0 Å². The molecule has 0 fully saturated rings. The van der Waals surface area contributed by atoms with Gasteiger partial charge in [-0.05, 0) is 60.4 Å². The van der Waals surface area contributed by atoms with Crippen LogP contribution in [-0.2, 0) is 0 Å². The average Bonchev–Trinajstić information content (AvgIpc) is 3.67. The first kappa shape index (κ1) is 33.7. The molecule has 2 amide bonds. The van der Waals surface area contributed by atoms with Crippen molar-refractivity contribution >= 4 is 40.7 Å². The molecule has 0 radical (unpaired) electrons. The summed E-state index contributed by atoms with van der Waals surface area (Å²) in [5, 5.41) is 26.6. The maximum Gasteiger partial charge on any atom is 0.260 e. The number of methoxy groups -OCH3 is 2. The highest BCUT2D eigenvalue weighted by molar-refractivity contribution is 6.40. The van der Waals surface area contributed by atoms with Crippen LogP contribution in [0.1, 0.15) is 43.0 Å². The third-order valence-electron chi connectivity index (χ3n) is 8.35. The van der Waals surface area contributed by atoms with Crippen LogP contribution in [-0.4, -0.2) is 42.7 Å². The van der Waals surface area contributed by atoms with Gasteiger partial charge >= 0.3 is 0 Å². The Bertz CT molecular complexity index is 2390. The Labute approximate surface area is 294 Å². The minimum absolute atomic E-state index is 0.000359. The standard InChI is InChI=1S/C40H31N7O4/c1-23-13-5-7-15-25(23)33-29(21-41)35(46-39(48)27-17-9-11-19-31(27)50-3)43-37(33)45-38-34(26-16-8-6-14-24(26)2)30(22-42)36(44-38)47-40(49)28-18-10-12-20-32(28)51-4/h5-20,43H,1-4H3,(H,46,48)(H,44,45,47,49). The Morgan fingerprint density at radius 1 is 0.725 bits per heavy atom. The zero-order chi connectivity index (χ0) is 36.1. The molecule has 1 aliphatic heterocycles. The molecule has 0 atom stereocenters. The molecular formula is C40H31N7O4. The van der Waals surface area contributed by atoms with Gasteiger partial charge in [-0.25, -0.2) is 9.98 Å². The molecule has 5 aromatic rings. The van der Waals surface area contributed by atoms with Crippen molar-refractivity contribution in [3.63, 3.8) is 0 Å². The van der Waals surface area contributed by atoms with Crippen LogP contribution in [0.5, 0.6) is 11.5 Å². The van der Waals surface area contributed by atoms with E-state index in [1.807, 2.05) is 62.4 Å². The van der Waals surface area contributed by atoms with Gasteiger partial charge in [-0.15, -0.1) is 0 Å². The number of nitrogens with one attached hydrogen (secondary N) is 3. The van der Waals surface area contributed by atoms with Gasteiger partial charge in [-0.2, -0.15) is 10.5 Å². The van der Waals surface area contributed by atoms with E-state index in [0.717, 1.165) is 11.1 Å². The lowest BCUT2D eigenvalue weighted by Crippen LogP contribution is -2.31. The molecule has 0 bridgehead atoms. The van der Waals surface area contributed by atoms with E-state index in [2.05, 4.69) is 27.8 Å². The van der Waals surface area contributed by atoms with E-state index in [-0.39, 0.29) is 45.6 Å². The summed E-state index contributed by atoms with van der Waals surface area (Å²) in [4.78, 5) is 39.8. The van der Waals surface area contributed by atoms with Gasteiger partial charge in [-0.1, -0.05) is 72.8 Å². The summed E-state index contributed by atoms with van der Waals surface area (Å²) < 4.78 is 10.8. The fraction of sp³-hybridized carbons (Fsp3) is 0.100. The number of ether oxygens (including phenoxy) is 2. The summed E-state index contributed by atoms with van der Waals surface area (Å²) in [5.74, 6) is 0.102. The second-order valence-electron chi connectivity index (χ2n) is 11.4. The number of hydrogen-bond donors (Lipinski definition) is 3. The van der Waals surface area contributed by atoms with Crippen LogP contribution < -0.4 is 20.1 Å². The topological polar surface area (TPSA) is 165 Å². The van der Waals surface area contributed by atoms with Crippen molar-refractivity contribution in [3.8, 4) is 34.8 Å². The van der Waals surface area contributed by atoms with Crippen LogP contribution >= 0.6 is 0 Å². The number of nitrogens with zero attached hydrogens (tertiary/aromatic N) is 4. The van der Waals surface area contributed by atoms with E-state index in [1.54, 1.807) is 48.5 Å². The fourth-order valence-electron chi connectivity index (χ4n) is 5.85. The van der Waals surface area contributed by atoms with Gasteiger partial charge in [0.15, 0.2) is 11.7 Å². The van der Waals surface area contributed by atoms with E-state index in [9.17, 15) is 20.1 Å². The number of hydrogen-bond acceptors (Lipinski definition) is 7.